The summed E-state index contributed by atoms with van der Waals surface area (Å²) in [6.07, 6.45) is 9.39. The fraction of sp³-hybridized carbons (Fsp3) is 0.800. The van der Waals surface area contributed by atoms with Crippen LogP contribution in [0.5, 0.6) is 0 Å². The smallest absolute Gasteiger partial charge is 0.186 e. The number of anilines is 1. The van der Waals surface area contributed by atoms with Gasteiger partial charge >= 0.3 is 0 Å². The van der Waals surface area contributed by atoms with E-state index < -0.39 is 0 Å². The first kappa shape index (κ1) is 12.2. The lowest BCUT2D eigenvalue weighted by Gasteiger charge is -2.21. The van der Waals surface area contributed by atoms with Crippen LogP contribution in [0.3, 0.4) is 0 Å². The van der Waals surface area contributed by atoms with E-state index in [0.29, 0.717) is 6.04 Å². The molecule has 3 aliphatic rings. The van der Waals surface area contributed by atoms with Gasteiger partial charge in [-0.3, -0.25) is 0 Å². The van der Waals surface area contributed by atoms with Gasteiger partial charge in [0.15, 0.2) is 5.13 Å². The molecule has 2 saturated carbocycles. The molecule has 1 heterocycles. The lowest BCUT2D eigenvalue weighted by atomic mass is 9.98. The van der Waals surface area contributed by atoms with Crippen LogP contribution < -0.4 is 10.2 Å². The van der Waals surface area contributed by atoms with Gasteiger partial charge in [-0.25, -0.2) is 4.98 Å². The molecule has 1 aromatic rings. The van der Waals surface area contributed by atoms with Crippen LogP contribution in [-0.2, 0) is 6.42 Å². The number of aromatic nitrogens is 1. The van der Waals surface area contributed by atoms with Gasteiger partial charge in [-0.1, -0.05) is 11.3 Å². The Morgan fingerprint density at radius 3 is 2.79 bits per heavy atom. The van der Waals surface area contributed by atoms with Crippen LogP contribution in [0.4, 0.5) is 5.13 Å². The van der Waals surface area contributed by atoms with E-state index in [0.717, 1.165) is 12.0 Å². The van der Waals surface area contributed by atoms with Crippen LogP contribution >= 0.6 is 11.3 Å². The van der Waals surface area contributed by atoms with Gasteiger partial charge in [-0.05, 0) is 57.9 Å². The highest BCUT2D eigenvalue weighted by Crippen LogP contribution is 2.42. The summed E-state index contributed by atoms with van der Waals surface area (Å²) in [6, 6.07) is 1.36. The maximum absolute atomic E-state index is 5.00. The molecule has 0 amide bonds. The van der Waals surface area contributed by atoms with Gasteiger partial charge in [-0.2, -0.15) is 0 Å². The van der Waals surface area contributed by atoms with Crippen LogP contribution in [0.15, 0.2) is 0 Å². The molecule has 1 atom stereocenters. The third kappa shape index (κ3) is 2.40. The van der Waals surface area contributed by atoms with Crippen molar-refractivity contribution in [3.8, 4) is 0 Å². The van der Waals surface area contributed by atoms with E-state index in [1.807, 2.05) is 11.3 Å². The van der Waals surface area contributed by atoms with Crippen LogP contribution in [-0.4, -0.2) is 24.6 Å². The summed E-state index contributed by atoms with van der Waals surface area (Å²) in [4.78, 5) is 9.15. The number of hydrogen-bond donors (Lipinski definition) is 1. The van der Waals surface area contributed by atoms with Crippen LogP contribution in [0.25, 0.3) is 0 Å². The van der Waals surface area contributed by atoms with E-state index in [1.54, 1.807) is 0 Å². The highest BCUT2D eigenvalue weighted by molar-refractivity contribution is 7.15. The molecular formula is C15H23N3S. The van der Waals surface area contributed by atoms with Crippen molar-refractivity contribution < 1.29 is 0 Å². The Balaban J connectivity index is 1.60. The molecule has 0 spiro atoms. The second-order valence-corrected chi connectivity index (χ2v) is 7.38. The molecule has 0 aliphatic heterocycles. The first-order valence-electron chi connectivity index (χ1n) is 7.78. The van der Waals surface area contributed by atoms with Gasteiger partial charge in [0, 0.05) is 23.5 Å². The van der Waals surface area contributed by atoms with Crippen molar-refractivity contribution in [3.05, 3.63) is 10.6 Å². The second-order valence-electron chi connectivity index (χ2n) is 6.37. The molecule has 0 radical (unpaired) electrons. The SMILES string of the molecule is CNC1CCCc2nc(N(CC3CC3)C3CC3)sc21. The number of aryl methyl sites for hydroxylation is 1. The lowest BCUT2D eigenvalue weighted by molar-refractivity contribution is 0.501. The van der Waals surface area contributed by atoms with Crippen molar-refractivity contribution in [3.63, 3.8) is 0 Å². The molecule has 0 saturated heterocycles. The number of rotatable bonds is 5. The molecule has 3 nitrogen and oxygen atoms in total. The monoisotopic (exact) mass is 277 g/mol. The normalized spacial score (nSPS) is 26.3. The van der Waals surface area contributed by atoms with E-state index in [2.05, 4.69) is 17.3 Å². The number of nitrogens with one attached hydrogen (secondary N) is 1. The number of hydrogen-bond acceptors (Lipinski definition) is 4. The summed E-state index contributed by atoms with van der Waals surface area (Å²) in [5, 5.41) is 4.78. The highest BCUT2D eigenvalue weighted by Gasteiger charge is 2.36. The van der Waals surface area contributed by atoms with Crippen LogP contribution in [0, 0.1) is 5.92 Å². The van der Waals surface area contributed by atoms with Gasteiger partial charge in [-0.15, -0.1) is 0 Å². The fourth-order valence-corrected chi connectivity index (χ4v) is 4.49. The minimum absolute atomic E-state index is 0.553. The quantitative estimate of drug-likeness (QED) is 0.896. The third-order valence-corrected chi connectivity index (χ3v) is 5.92. The predicted molar refractivity (Wildman–Crippen MR) is 79.9 cm³/mol. The van der Waals surface area contributed by atoms with E-state index in [-0.39, 0.29) is 0 Å². The lowest BCUT2D eigenvalue weighted by Crippen LogP contribution is -2.27. The fourth-order valence-electron chi connectivity index (χ4n) is 3.15. The highest BCUT2D eigenvalue weighted by atomic mass is 32.1. The zero-order valence-corrected chi connectivity index (χ0v) is 12.5. The van der Waals surface area contributed by atoms with Gasteiger partial charge in [0.2, 0.25) is 0 Å². The van der Waals surface area contributed by atoms with Gasteiger partial charge < -0.3 is 10.2 Å². The molecule has 1 N–H and O–H groups in total. The van der Waals surface area contributed by atoms with Crippen molar-refractivity contribution in [2.45, 2.75) is 57.0 Å². The summed E-state index contributed by atoms with van der Waals surface area (Å²) < 4.78 is 0. The van der Waals surface area contributed by atoms with Crippen LogP contribution in [0.2, 0.25) is 0 Å². The standard InChI is InChI=1S/C15H23N3S/c1-16-12-3-2-4-13-14(12)19-15(17-13)18(11-7-8-11)9-10-5-6-10/h10-12,16H,2-9H2,1H3. The van der Waals surface area contributed by atoms with E-state index in [9.17, 15) is 0 Å². The maximum Gasteiger partial charge on any atom is 0.186 e. The zero-order valence-electron chi connectivity index (χ0n) is 11.7. The van der Waals surface area contributed by atoms with Gasteiger partial charge in [0.25, 0.3) is 0 Å². The summed E-state index contributed by atoms with van der Waals surface area (Å²) in [5.74, 6) is 0.960. The van der Waals surface area contributed by atoms with Crippen LogP contribution in [0.1, 0.15) is 55.1 Å². The first-order chi connectivity index (χ1) is 9.35. The Bertz CT molecular complexity index is 462. The molecule has 1 aromatic heterocycles. The first-order valence-corrected chi connectivity index (χ1v) is 8.60. The molecule has 104 valence electrons. The number of nitrogens with zero attached hydrogens (tertiary/aromatic N) is 2. The van der Waals surface area contributed by atoms with Crippen molar-refractivity contribution in [1.29, 1.82) is 0 Å². The Hall–Kier alpha value is -0.610. The molecule has 19 heavy (non-hydrogen) atoms. The van der Waals surface area contributed by atoms with E-state index in [1.165, 1.54) is 67.2 Å². The largest absolute Gasteiger partial charge is 0.345 e. The number of fused-ring (bicyclic) bond motifs is 1. The molecule has 0 bridgehead atoms. The summed E-state index contributed by atoms with van der Waals surface area (Å²) in [5.41, 5.74) is 1.38. The minimum atomic E-state index is 0.553. The Kier molecular flexibility index (Phi) is 3.03. The average molecular weight is 277 g/mol. The Morgan fingerprint density at radius 1 is 1.26 bits per heavy atom. The average Bonchev–Trinajstić information content (AvgIpc) is 3.32. The Morgan fingerprint density at radius 2 is 2.11 bits per heavy atom. The molecule has 2 fully saturated rings. The topological polar surface area (TPSA) is 28.2 Å². The Labute approximate surface area is 119 Å². The minimum Gasteiger partial charge on any atom is -0.345 e. The molecular weight excluding hydrogens is 254 g/mol. The molecule has 3 aliphatic carbocycles. The van der Waals surface area contributed by atoms with Crippen molar-refractivity contribution in [1.82, 2.24) is 10.3 Å². The molecule has 1 unspecified atom stereocenters. The van der Waals surface area contributed by atoms with Gasteiger partial charge in [0.05, 0.1) is 5.69 Å². The van der Waals surface area contributed by atoms with E-state index >= 15 is 0 Å². The molecule has 4 rings (SSSR count). The van der Waals surface area contributed by atoms with Crippen molar-refractivity contribution in [2.75, 3.05) is 18.5 Å². The van der Waals surface area contributed by atoms with Crippen molar-refractivity contribution in [2.24, 2.45) is 5.92 Å². The molecule has 4 heteroatoms. The van der Waals surface area contributed by atoms with Gasteiger partial charge in [0.1, 0.15) is 0 Å². The number of thiazole rings is 1. The van der Waals surface area contributed by atoms with E-state index in [4.69, 9.17) is 4.98 Å². The summed E-state index contributed by atoms with van der Waals surface area (Å²) >= 11 is 1.97. The van der Waals surface area contributed by atoms with Crippen molar-refractivity contribution >= 4 is 16.5 Å². The third-order valence-electron chi connectivity index (χ3n) is 4.67. The maximum atomic E-state index is 5.00. The second kappa shape index (κ2) is 4.74. The predicted octanol–water partition coefficient (Wildman–Crippen LogP) is 3.12. The summed E-state index contributed by atoms with van der Waals surface area (Å²) in [7, 11) is 2.09. The summed E-state index contributed by atoms with van der Waals surface area (Å²) in [6.45, 7) is 1.27. The zero-order chi connectivity index (χ0) is 12.8. The molecule has 0 aromatic carbocycles.